The summed E-state index contributed by atoms with van der Waals surface area (Å²) in [5.41, 5.74) is 2.06. The molecule has 1 fully saturated rings. The molecule has 15 heavy (non-hydrogen) atoms. The summed E-state index contributed by atoms with van der Waals surface area (Å²) in [6, 6.07) is 0. The molecule has 1 aromatic rings. The van der Waals surface area contributed by atoms with Gasteiger partial charge >= 0.3 is 0 Å². The van der Waals surface area contributed by atoms with Gasteiger partial charge in [0.25, 0.3) is 0 Å². The molecule has 3 atom stereocenters. The van der Waals surface area contributed by atoms with Gasteiger partial charge in [-0.3, -0.25) is 4.57 Å². The zero-order valence-corrected chi connectivity index (χ0v) is 9.20. The van der Waals surface area contributed by atoms with Crippen molar-refractivity contribution < 1.29 is 10.2 Å². The molecule has 0 radical (unpaired) electrons. The molecule has 0 amide bonds. The Bertz CT molecular complexity index is 422. The van der Waals surface area contributed by atoms with Crippen LogP contribution in [0.2, 0.25) is 0 Å². The average Bonchev–Trinajstić information content (AvgIpc) is 2.65. The molecule has 3 rings (SSSR count). The molecular formula is C12H17NO2. The Balaban J connectivity index is 2.23. The summed E-state index contributed by atoms with van der Waals surface area (Å²) >= 11 is 0. The van der Waals surface area contributed by atoms with E-state index in [0.717, 1.165) is 24.0 Å². The highest BCUT2D eigenvalue weighted by atomic mass is 16.3. The highest BCUT2D eigenvalue weighted by molar-refractivity contribution is 5.53. The van der Waals surface area contributed by atoms with Crippen LogP contribution in [0.5, 0.6) is 11.8 Å². The van der Waals surface area contributed by atoms with Crippen molar-refractivity contribution in [2.45, 2.75) is 38.0 Å². The molecule has 1 heterocycles. The second-order valence-corrected chi connectivity index (χ2v) is 5.13. The Hall–Kier alpha value is -1.12. The maximum absolute atomic E-state index is 10.0. The van der Waals surface area contributed by atoms with E-state index in [0.29, 0.717) is 17.8 Å². The quantitative estimate of drug-likeness (QED) is 0.686. The number of rotatable bonds is 0. The van der Waals surface area contributed by atoms with Crippen LogP contribution >= 0.6 is 0 Å². The van der Waals surface area contributed by atoms with Gasteiger partial charge in [-0.1, -0.05) is 6.92 Å². The molecule has 3 unspecified atom stereocenters. The van der Waals surface area contributed by atoms with Gasteiger partial charge in [-0.05, 0) is 37.0 Å². The second-order valence-electron chi connectivity index (χ2n) is 5.13. The zero-order valence-electron chi connectivity index (χ0n) is 9.20. The molecule has 2 aliphatic carbocycles. The molecule has 2 bridgehead atoms. The number of nitrogens with zero attached hydrogens (tertiary/aromatic N) is 1. The van der Waals surface area contributed by atoms with Crippen LogP contribution in [0.4, 0.5) is 0 Å². The molecular weight excluding hydrogens is 190 g/mol. The Morgan fingerprint density at radius 2 is 1.80 bits per heavy atom. The maximum atomic E-state index is 10.0. The van der Waals surface area contributed by atoms with Crippen molar-refractivity contribution in [2.24, 2.45) is 13.0 Å². The third kappa shape index (κ3) is 0.959. The summed E-state index contributed by atoms with van der Waals surface area (Å²) in [5, 5.41) is 20.0. The second kappa shape index (κ2) is 2.71. The van der Waals surface area contributed by atoms with Crippen molar-refractivity contribution >= 4 is 0 Å². The molecule has 82 valence electrons. The Kier molecular flexibility index (Phi) is 1.65. The van der Waals surface area contributed by atoms with Crippen LogP contribution in [0, 0.1) is 5.92 Å². The lowest BCUT2D eigenvalue weighted by atomic mass is 9.79. The molecule has 1 saturated carbocycles. The maximum Gasteiger partial charge on any atom is 0.197 e. The summed E-state index contributed by atoms with van der Waals surface area (Å²) in [6.07, 6.45) is 3.49. The fourth-order valence-electron chi connectivity index (χ4n) is 3.46. The fraction of sp³-hybridized carbons (Fsp3) is 0.667. The number of aromatic nitrogens is 1. The number of hydrogen-bond donors (Lipinski definition) is 2. The van der Waals surface area contributed by atoms with Crippen LogP contribution in [0.3, 0.4) is 0 Å². The minimum Gasteiger partial charge on any atom is -0.494 e. The van der Waals surface area contributed by atoms with Crippen molar-refractivity contribution in [3.05, 3.63) is 11.1 Å². The highest BCUT2D eigenvalue weighted by Crippen LogP contribution is 2.59. The van der Waals surface area contributed by atoms with E-state index in [1.165, 1.54) is 11.0 Å². The summed E-state index contributed by atoms with van der Waals surface area (Å²) in [4.78, 5) is 0. The Labute approximate surface area is 89.3 Å². The Morgan fingerprint density at radius 1 is 1.13 bits per heavy atom. The summed E-state index contributed by atoms with van der Waals surface area (Å²) < 4.78 is 1.52. The standard InChI is InChI=1S/C12H17NO2/c1-6-3-4-7-5-8(6)10-9(7)11(14)13(2)12(10)15/h6-8,14-15H,3-5H2,1-2H3. The van der Waals surface area contributed by atoms with E-state index in [1.807, 2.05) is 0 Å². The van der Waals surface area contributed by atoms with E-state index in [1.54, 1.807) is 7.05 Å². The molecule has 2 N–H and O–H groups in total. The predicted molar refractivity (Wildman–Crippen MR) is 57.2 cm³/mol. The molecule has 3 nitrogen and oxygen atoms in total. The zero-order chi connectivity index (χ0) is 10.7. The van der Waals surface area contributed by atoms with Crippen molar-refractivity contribution in [2.75, 3.05) is 0 Å². The highest BCUT2D eigenvalue weighted by Gasteiger charge is 2.44. The van der Waals surface area contributed by atoms with Crippen LogP contribution in [0.1, 0.15) is 49.1 Å². The summed E-state index contributed by atoms with van der Waals surface area (Å²) in [6.45, 7) is 2.25. The number of hydrogen-bond acceptors (Lipinski definition) is 2. The first-order valence-corrected chi connectivity index (χ1v) is 5.71. The van der Waals surface area contributed by atoms with Gasteiger partial charge < -0.3 is 10.2 Å². The summed E-state index contributed by atoms with van der Waals surface area (Å²) in [5.74, 6) is 2.14. The van der Waals surface area contributed by atoms with Gasteiger partial charge in [0.15, 0.2) is 11.8 Å². The summed E-state index contributed by atoms with van der Waals surface area (Å²) in [7, 11) is 1.73. The number of fused-ring (bicyclic) bond motifs is 5. The van der Waals surface area contributed by atoms with Gasteiger partial charge in [-0.25, -0.2) is 0 Å². The molecule has 1 aromatic heterocycles. The molecule has 0 aromatic carbocycles. The van der Waals surface area contributed by atoms with E-state index in [9.17, 15) is 10.2 Å². The first-order valence-electron chi connectivity index (χ1n) is 5.71. The largest absolute Gasteiger partial charge is 0.494 e. The molecule has 0 spiro atoms. The van der Waals surface area contributed by atoms with E-state index in [-0.39, 0.29) is 11.8 Å². The predicted octanol–water partition coefficient (Wildman–Crippen LogP) is 2.44. The van der Waals surface area contributed by atoms with Crippen LogP contribution in [0.15, 0.2) is 0 Å². The SMILES string of the molecule is CC1CCC2CC1c1c2c(O)n(C)c1O. The van der Waals surface area contributed by atoms with Gasteiger partial charge in [0, 0.05) is 18.2 Å². The average molecular weight is 207 g/mol. The minimum absolute atomic E-state index is 0.281. The van der Waals surface area contributed by atoms with E-state index in [4.69, 9.17) is 0 Å². The normalized spacial score (nSPS) is 33.1. The number of aromatic hydroxyl groups is 2. The Morgan fingerprint density at radius 3 is 2.53 bits per heavy atom. The van der Waals surface area contributed by atoms with Crippen LogP contribution in [0.25, 0.3) is 0 Å². The lowest BCUT2D eigenvalue weighted by molar-refractivity contribution is 0.309. The first kappa shape index (κ1) is 9.13. The molecule has 3 heteroatoms. The lowest BCUT2D eigenvalue weighted by Gasteiger charge is -2.26. The van der Waals surface area contributed by atoms with Crippen molar-refractivity contribution in [3.63, 3.8) is 0 Å². The molecule has 0 aliphatic heterocycles. The van der Waals surface area contributed by atoms with Crippen LogP contribution in [-0.4, -0.2) is 14.8 Å². The van der Waals surface area contributed by atoms with Gasteiger partial charge in [-0.15, -0.1) is 0 Å². The van der Waals surface area contributed by atoms with Crippen LogP contribution < -0.4 is 0 Å². The van der Waals surface area contributed by atoms with Gasteiger partial charge in [0.1, 0.15) is 0 Å². The van der Waals surface area contributed by atoms with Gasteiger partial charge in [0.05, 0.1) is 0 Å². The fourth-order valence-corrected chi connectivity index (χ4v) is 3.46. The van der Waals surface area contributed by atoms with Crippen molar-refractivity contribution in [3.8, 4) is 11.8 Å². The van der Waals surface area contributed by atoms with E-state index in [2.05, 4.69) is 6.92 Å². The van der Waals surface area contributed by atoms with E-state index >= 15 is 0 Å². The van der Waals surface area contributed by atoms with Gasteiger partial charge in [0.2, 0.25) is 0 Å². The topological polar surface area (TPSA) is 45.4 Å². The monoisotopic (exact) mass is 207 g/mol. The van der Waals surface area contributed by atoms with Crippen molar-refractivity contribution in [1.29, 1.82) is 0 Å². The first-order chi connectivity index (χ1) is 7.11. The van der Waals surface area contributed by atoms with E-state index < -0.39 is 0 Å². The third-order valence-corrected chi connectivity index (χ3v) is 4.38. The minimum atomic E-state index is 0.281. The molecule has 0 saturated heterocycles. The smallest absolute Gasteiger partial charge is 0.197 e. The third-order valence-electron chi connectivity index (χ3n) is 4.38. The van der Waals surface area contributed by atoms with Crippen molar-refractivity contribution in [1.82, 2.24) is 4.57 Å². The lowest BCUT2D eigenvalue weighted by Crippen LogP contribution is -2.13. The molecule has 2 aliphatic rings. The van der Waals surface area contributed by atoms with Gasteiger partial charge in [-0.2, -0.15) is 0 Å². The van der Waals surface area contributed by atoms with Crippen LogP contribution in [-0.2, 0) is 7.05 Å².